The summed E-state index contributed by atoms with van der Waals surface area (Å²) >= 11 is 0. The smallest absolute Gasteiger partial charge is 0.169 e. The van der Waals surface area contributed by atoms with Gasteiger partial charge in [0, 0.05) is 19.6 Å². The second-order valence-corrected chi connectivity index (χ2v) is 3.96. The Kier molecular flexibility index (Phi) is 6.85. The van der Waals surface area contributed by atoms with Crippen LogP contribution in [0.15, 0.2) is 12.2 Å². The predicted octanol–water partition coefficient (Wildman–Crippen LogP) is 3.52. The zero-order chi connectivity index (χ0) is 11.0. The molecule has 0 amide bonds. The zero-order valence-corrected chi connectivity index (χ0v) is 10.1. The van der Waals surface area contributed by atoms with Crippen LogP contribution in [0.2, 0.25) is 0 Å². The van der Waals surface area contributed by atoms with Crippen LogP contribution in [-0.4, -0.2) is 19.0 Å². The Hall–Kier alpha value is -0.340. The second-order valence-electron chi connectivity index (χ2n) is 3.96. The van der Waals surface area contributed by atoms with Gasteiger partial charge < -0.3 is 9.47 Å². The van der Waals surface area contributed by atoms with Crippen molar-refractivity contribution in [3.05, 3.63) is 12.2 Å². The number of rotatable bonds is 8. The fourth-order valence-electron chi connectivity index (χ4n) is 1.33. The summed E-state index contributed by atoms with van der Waals surface area (Å²) in [5, 5.41) is 0. The van der Waals surface area contributed by atoms with Crippen LogP contribution in [0.25, 0.3) is 0 Å². The molecule has 0 aliphatic carbocycles. The molecule has 0 N–H and O–H groups in total. The van der Waals surface area contributed by atoms with E-state index in [0.29, 0.717) is 0 Å². The van der Waals surface area contributed by atoms with E-state index in [1.165, 1.54) is 0 Å². The third-order valence-corrected chi connectivity index (χ3v) is 1.85. The molecule has 84 valence electrons. The van der Waals surface area contributed by atoms with Gasteiger partial charge in [-0.1, -0.05) is 26.0 Å². The van der Waals surface area contributed by atoms with E-state index >= 15 is 0 Å². The molecule has 0 unspecified atom stereocenters. The van der Waals surface area contributed by atoms with Gasteiger partial charge in [0.25, 0.3) is 0 Å². The normalized spacial score (nSPS) is 11.7. The summed E-state index contributed by atoms with van der Waals surface area (Å²) in [7, 11) is 0. The SMILES string of the molecule is C=C(C)CC(C)(OCCC)OCCC. The van der Waals surface area contributed by atoms with Gasteiger partial charge in [-0.05, 0) is 26.7 Å². The molecule has 0 saturated heterocycles. The van der Waals surface area contributed by atoms with Gasteiger partial charge in [0.1, 0.15) is 0 Å². The average Bonchev–Trinajstić information content (AvgIpc) is 2.11. The second kappa shape index (κ2) is 7.02. The first-order valence-corrected chi connectivity index (χ1v) is 5.46. The van der Waals surface area contributed by atoms with Crippen molar-refractivity contribution in [1.82, 2.24) is 0 Å². The van der Waals surface area contributed by atoms with Gasteiger partial charge in [0.2, 0.25) is 0 Å². The first kappa shape index (κ1) is 13.7. The molecular weight excluding hydrogens is 176 g/mol. The Morgan fingerprint density at radius 3 is 1.86 bits per heavy atom. The lowest BCUT2D eigenvalue weighted by molar-refractivity contribution is -0.224. The van der Waals surface area contributed by atoms with Crippen molar-refractivity contribution in [1.29, 1.82) is 0 Å². The van der Waals surface area contributed by atoms with Crippen molar-refractivity contribution in [2.45, 2.75) is 52.7 Å². The van der Waals surface area contributed by atoms with Crippen LogP contribution in [0.3, 0.4) is 0 Å². The third kappa shape index (κ3) is 6.17. The molecule has 0 fully saturated rings. The van der Waals surface area contributed by atoms with Gasteiger partial charge in [-0.15, -0.1) is 0 Å². The van der Waals surface area contributed by atoms with Crippen LogP contribution < -0.4 is 0 Å². The van der Waals surface area contributed by atoms with Crippen molar-refractivity contribution < 1.29 is 9.47 Å². The molecule has 2 heteroatoms. The summed E-state index contributed by atoms with van der Waals surface area (Å²) in [5.74, 6) is -0.474. The highest BCUT2D eigenvalue weighted by Crippen LogP contribution is 2.22. The summed E-state index contributed by atoms with van der Waals surface area (Å²) in [4.78, 5) is 0. The summed E-state index contributed by atoms with van der Waals surface area (Å²) < 4.78 is 11.4. The molecule has 0 saturated carbocycles. The lowest BCUT2D eigenvalue weighted by Gasteiger charge is -2.30. The Morgan fingerprint density at radius 2 is 1.57 bits per heavy atom. The molecule has 14 heavy (non-hydrogen) atoms. The first-order chi connectivity index (χ1) is 6.54. The summed E-state index contributed by atoms with van der Waals surface area (Å²) in [6.45, 7) is 13.6. The fraction of sp³-hybridized carbons (Fsp3) is 0.833. The highest BCUT2D eigenvalue weighted by Gasteiger charge is 2.25. The van der Waals surface area contributed by atoms with Crippen LogP contribution in [0.1, 0.15) is 47.0 Å². The minimum atomic E-state index is -0.474. The monoisotopic (exact) mass is 200 g/mol. The Bertz CT molecular complexity index is 156. The molecule has 0 aromatic rings. The first-order valence-electron chi connectivity index (χ1n) is 5.46. The molecule has 0 aliphatic rings. The van der Waals surface area contributed by atoms with Gasteiger partial charge in [0.15, 0.2) is 5.79 Å². The summed E-state index contributed by atoms with van der Waals surface area (Å²) in [5.41, 5.74) is 1.10. The maximum atomic E-state index is 5.71. The van der Waals surface area contributed by atoms with Crippen LogP contribution >= 0.6 is 0 Å². The van der Waals surface area contributed by atoms with Gasteiger partial charge in [-0.25, -0.2) is 0 Å². The minimum absolute atomic E-state index is 0.474. The highest BCUT2D eigenvalue weighted by molar-refractivity contribution is 4.93. The molecule has 0 aromatic heterocycles. The van der Waals surface area contributed by atoms with Gasteiger partial charge in [-0.2, -0.15) is 0 Å². The Balaban J connectivity index is 4.09. The average molecular weight is 200 g/mol. The van der Waals surface area contributed by atoms with Crippen molar-refractivity contribution in [2.75, 3.05) is 13.2 Å². The summed E-state index contributed by atoms with van der Waals surface area (Å²) in [6.07, 6.45) is 2.80. The van der Waals surface area contributed by atoms with E-state index in [1.54, 1.807) is 0 Å². The van der Waals surface area contributed by atoms with Crippen LogP contribution in [-0.2, 0) is 9.47 Å². The number of hydrogen-bond acceptors (Lipinski definition) is 2. The van der Waals surface area contributed by atoms with Crippen LogP contribution in [0.4, 0.5) is 0 Å². The molecular formula is C12H24O2. The van der Waals surface area contributed by atoms with E-state index in [4.69, 9.17) is 9.47 Å². The molecule has 0 radical (unpaired) electrons. The molecule has 2 nitrogen and oxygen atoms in total. The van der Waals surface area contributed by atoms with Gasteiger partial charge in [-0.3, -0.25) is 0 Å². The number of hydrogen-bond donors (Lipinski definition) is 0. The van der Waals surface area contributed by atoms with Crippen LogP contribution in [0, 0.1) is 0 Å². The van der Waals surface area contributed by atoms with Gasteiger partial charge in [0.05, 0.1) is 0 Å². The zero-order valence-electron chi connectivity index (χ0n) is 10.1. The van der Waals surface area contributed by atoms with Crippen LogP contribution in [0.5, 0.6) is 0 Å². The largest absolute Gasteiger partial charge is 0.350 e. The number of ether oxygens (including phenoxy) is 2. The van der Waals surface area contributed by atoms with E-state index in [1.807, 2.05) is 13.8 Å². The van der Waals surface area contributed by atoms with Crippen molar-refractivity contribution in [3.8, 4) is 0 Å². The van der Waals surface area contributed by atoms with Crippen molar-refractivity contribution in [3.63, 3.8) is 0 Å². The van der Waals surface area contributed by atoms with Crippen molar-refractivity contribution >= 4 is 0 Å². The van der Waals surface area contributed by atoms with E-state index < -0.39 is 5.79 Å². The topological polar surface area (TPSA) is 18.5 Å². The Morgan fingerprint density at radius 1 is 1.14 bits per heavy atom. The lowest BCUT2D eigenvalue weighted by atomic mass is 10.1. The molecule has 0 rings (SSSR count). The standard InChI is InChI=1S/C12H24O2/c1-6-8-13-12(5,10-11(3)4)14-9-7-2/h3,6-10H2,1-2,4-5H3. The fourth-order valence-corrected chi connectivity index (χ4v) is 1.33. The quantitative estimate of drug-likeness (QED) is 0.441. The summed E-state index contributed by atoms with van der Waals surface area (Å²) in [6, 6.07) is 0. The maximum absolute atomic E-state index is 5.71. The highest BCUT2D eigenvalue weighted by atomic mass is 16.7. The minimum Gasteiger partial charge on any atom is -0.350 e. The van der Waals surface area contributed by atoms with E-state index in [-0.39, 0.29) is 0 Å². The Labute approximate surface area is 88.3 Å². The molecule has 0 atom stereocenters. The third-order valence-electron chi connectivity index (χ3n) is 1.85. The maximum Gasteiger partial charge on any atom is 0.169 e. The van der Waals surface area contributed by atoms with E-state index in [0.717, 1.165) is 38.0 Å². The van der Waals surface area contributed by atoms with E-state index in [9.17, 15) is 0 Å². The predicted molar refractivity (Wildman–Crippen MR) is 60.3 cm³/mol. The van der Waals surface area contributed by atoms with Gasteiger partial charge >= 0.3 is 0 Å². The molecule has 0 aromatic carbocycles. The molecule has 0 bridgehead atoms. The molecule has 0 spiro atoms. The lowest BCUT2D eigenvalue weighted by Crippen LogP contribution is -2.33. The van der Waals surface area contributed by atoms with E-state index in [2.05, 4.69) is 20.4 Å². The van der Waals surface area contributed by atoms with Crippen molar-refractivity contribution in [2.24, 2.45) is 0 Å². The molecule has 0 heterocycles. The molecule has 0 aliphatic heterocycles.